The largest absolute Gasteiger partial charge is 0.341 e. The highest BCUT2D eigenvalue weighted by Crippen LogP contribution is 2.35. The van der Waals surface area contributed by atoms with Gasteiger partial charge in [0.05, 0.1) is 6.04 Å². The topological polar surface area (TPSA) is 120 Å². The summed E-state index contributed by atoms with van der Waals surface area (Å²) in [6, 6.07) is -1.76. The first-order chi connectivity index (χ1) is 11.2. The number of hydrogen-bond acceptors (Lipinski definition) is 5. The molecule has 0 saturated heterocycles. The molecular weight excluding hydrogens is 314 g/mol. The van der Waals surface area contributed by atoms with Crippen LogP contribution in [-0.4, -0.2) is 61.5 Å². The Morgan fingerprint density at radius 3 is 2.08 bits per heavy atom. The van der Waals surface area contributed by atoms with Crippen LogP contribution in [0.4, 0.5) is 9.59 Å². The van der Waals surface area contributed by atoms with Gasteiger partial charge in [0, 0.05) is 14.1 Å². The van der Waals surface area contributed by atoms with Gasteiger partial charge in [-0.15, -0.1) is 0 Å². The van der Waals surface area contributed by atoms with Crippen molar-refractivity contribution in [3.63, 3.8) is 0 Å². The van der Waals surface area contributed by atoms with Gasteiger partial charge in [-0.1, -0.05) is 13.8 Å². The Bertz CT molecular complexity index is 516. The molecular formula is C15H27N5O4. The number of carbonyl (C=O) groups is 4. The number of hydrogen-bond donors (Lipinski definition) is 4. The molecule has 1 aliphatic rings. The second-order valence-electron chi connectivity index (χ2n) is 6.42. The van der Waals surface area contributed by atoms with Crippen molar-refractivity contribution in [3.8, 4) is 0 Å². The molecule has 4 N–H and O–H groups in total. The fourth-order valence-corrected chi connectivity index (χ4v) is 2.23. The van der Waals surface area contributed by atoms with Gasteiger partial charge in [0.25, 0.3) is 5.91 Å². The van der Waals surface area contributed by atoms with E-state index in [0.717, 1.165) is 4.90 Å². The molecule has 9 heteroatoms. The van der Waals surface area contributed by atoms with Crippen LogP contribution < -0.4 is 21.3 Å². The van der Waals surface area contributed by atoms with Crippen molar-refractivity contribution >= 4 is 23.9 Å². The molecule has 136 valence electrons. The Labute approximate surface area is 141 Å². The molecule has 1 fully saturated rings. The van der Waals surface area contributed by atoms with Crippen LogP contribution in [0.1, 0.15) is 33.1 Å². The molecule has 0 aromatic heterocycles. The van der Waals surface area contributed by atoms with Crippen LogP contribution in [0.2, 0.25) is 0 Å². The Morgan fingerprint density at radius 2 is 1.67 bits per heavy atom. The maximum atomic E-state index is 12.3. The molecule has 9 nitrogen and oxygen atoms in total. The Hall–Kier alpha value is -2.16. The molecule has 1 saturated carbocycles. The van der Waals surface area contributed by atoms with Gasteiger partial charge in [-0.05, 0) is 32.2 Å². The van der Waals surface area contributed by atoms with E-state index in [-0.39, 0.29) is 0 Å². The van der Waals surface area contributed by atoms with Gasteiger partial charge in [0.1, 0.15) is 5.54 Å². The zero-order valence-corrected chi connectivity index (χ0v) is 14.9. The summed E-state index contributed by atoms with van der Waals surface area (Å²) in [5, 5.41) is 10.1. The fourth-order valence-electron chi connectivity index (χ4n) is 2.23. The van der Waals surface area contributed by atoms with Crippen LogP contribution in [0, 0.1) is 5.92 Å². The first-order valence-corrected chi connectivity index (χ1v) is 7.97. The standard InChI is InChI=1S/C15H27N5O4/c1-9(2)8-10(16-3)11(21)18-12(22)15(6-7-15)19-14(24)20(5)13(23)17-4/h9-10,16H,6-8H2,1-5H3,(H,17,23)(H,19,24)(H,18,21,22). The molecule has 1 aliphatic carbocycles. The average Bonchev–Trinajstić information content (AvgIpc) is 3.31. The number of imide groups is 2. The van der Waals surface area contributed by atoms with E-state index in [9.17, 15) is 19.2 Å². The summed E-state index contributed by atoms with van der Waals surface area (Å²) in [6.45, 7) is 3.97. The molecule has 6 amide bonds. The third-order valence-corrected chi connectivity index (χ3v) is 3.96. The van der Waals surface area contributed by atoms with Gasteiger partial charge in [0.2, 0.25) is 5.91 Å². The van der Waals surface area contributed by atoms with Crippen LogP contribution in [0.5, 0.6) is 0 Å². The number of nitrogens with one attached hydrogen (secondary N) is 4. The highest BCUT2D eigenvalue weighted by molar-refractivity contribution is 6.05. The molecule has 1 unspecified atom stereocenters. The summed E-state index contributed by atoms with van der Waals surface area (Å²) in [5.41, 5.74) is -1.12. The van der Waals surface area contributed by atoms with E-state index in [0.29, 0.717) is 25.2 Å². The fraction of sp³-hybridized carbons (Fsp3) is 0.733. The number of likely N-dealkylation sites (N-methyl/N-ethyl adjacent to an activating group) is 1. The third-order valence-electron chi connectivity index (χ3n) is 3.96. The monoisotopic (exact) mass is 341 g/mol. The van der Waals surface area contributed by atoms with E-state index in [1.165, 1.54) is 14.1 Å². The number of carbonyl (C=O) groups excluding carboxylic acids is 4. The Kier molecular flexibility index (Phi) is 6.70. The molecule has 0 aliphatic heterocycles. The Morgan fingerprint density at radius 1 is 1.08 bits per heavy atom. The smallest absolute Gasteiger partial charge is 0.326 e. The molecule has 0 radical (unpaired) electrons. The predicted octanol–water partition coefficient (Wildman–Crippen LogP) is -0.223. The summed E-state index contributed by atoms with van der Waals surface area (Å²) < 4.78 is 0. The summed E-state index contributed by atoms with van der Waals surface area (Å²) in [7, 11) is 4.36. The molecule has 24 heavy (non-hydrogen) atoms. The molecule has 0 aromatic carbocycles. The minimum atomic E-state index is -1.12. The van der Waals surface area contributed by atoms with Gasteiger partial charge < -0.3 is 16.0 Å². The summed E-state index contributed by atoms with van der Waals surface area (Å²) in [5.74, 6) is -0.675. The van der Waals surface area contributed by atoms with Crippen molar-refractivity contribution < 1.29 is 19.2 Å². The van der Waals surface area contributed by atoms with Gasteiger partial charge >= 0.3 is 12.1 Å². The third kappa shape index (κ3) is 4.92. The van der Waals surface area contributed by atoms with Crippen LogP contribution in [0.3, 0.4) is 0 Å². The average molecular weight is 341 g/mol. The number of amides is 6. The number of rotatable bonds is 6. The van der Waals surface area contributed by atoms with Gasteiger partial charge in [-0.3, -0.25) is 14.9 Å². The van der Waals surface area contributed by atoms with Crippen molar-refractivity contribution in [1.82, 2.24) is 26.2 Å². The second kappa shape index (κ2) is 8.09. The summed E-state index contributed by atoms with van der Waals surface area (Å²) >= 11 is 0. The summed E-state index contributed by atoms with van der Waals surface area (Å²) in [4.78, 5) is 48.8. The predicted molar refractivity (Wildman–Crippen MR) is 88.2 cm³/mol. The Balaban J connectivity index is 2.65. The van der Waals surface area contributed by atoms with Crippen LogP contribution in [0.25, 0.3) is 0 Å². The maximum Gasteiger partial charge on any atom is 0.326 e. The molecule has 1 atom stereocenters. The lowest BCUT2D eigenvalue weighted by Crippen LogP contribution is -2.57. The van der Waals surface area contributed by atoms with E-state index in [1.807, 2.05) is 13.8 Å². The van der Waals surface area contributed by atoms with Crippen LogP contribution >= 0.6 is 0 Å². The SMILES string of the molecule is CNC(=O)N(C)C(=O)NC1(C(=O)NC(=O)C(CC(C)C)NC)CC1. The van der Waals surface area contributed by atoms with Crippen molar-refractivity contribution in [2.45, 2.75) is 44.7 Å². The van der Waals surface area contributed by atoms with Crippen molar-refractivity contribution in [2.24, 2.45) is 5.92 Å². The maximum absolute atomic E-state index is 12.3. The lowest BCUT2D eigenvalue weighted by molar-refractivity contribution is -0.133. The van der Waals surface area contributed by atoms with Crippen molar-refractivity contribution in [3.05, 3.63) is 0 Å². The molecule has 0 bridgehead atoms. The quantitative estimate of drug-likeness (QED) is 0.532. The minimum Gasteiger partial charge on any atom is -0.341 e. The van der Waals surface area contributed by atoms with Crippen LogP contribution in [0.15, 0.2) is 0 Å². The molecule has 0 spiro atoms. The first kappa shape index (κ1) is 19.9. The lowest BCUT2D eigenvalue weighted by Gasteiger charge is -2.23. The van der Waals surface area contributed by atoms with E-state index in [1.54, 1.807) is 7.05 Å². The molecule has 0 aromatic rings. The van der Waals surface area contributed by atoms with E-state index >= 15 is 0 Å². The van der Waals surface area contributed by atoms with E-state index in [4.69, 9.17) is 0 Å². The lowest BCUT2D eigenvalue weighted by atomic mass is 10.0. The van der Waals surface area contributed by atoms with Crippen LogP contribution in [-0.2, 0) is 9.59 Å². The summed E-state index contributed by atoms with van der Waals surface area (Å²) in [6.07, 6.45) is 1.44. The van der Waals surface area contributed by atoms with E-state index in [2.05, 4.69) is 21.3 Å². The number of urea groups is 2. The molecule has 1 rings (SSSR count). The van der Waals surface area contributed by atoms with Gasteiger partial charge in [-0.2, -0.15) is 0 Å². The normalized spacial score (nSPS) is 16.1. The highest BCUT2D eigenvalue weighted by Gasteiger charge is 2.52. The van der Waals surface area contributed by atoms with Crippen molar-refractivity contribution in [2.75, 3.05) is 21.1 Å². The second-order valence-corrected chi connectivity index (χ2v) is 6.42. The first-order valence-electron chi connectivity index (χ1n) is 7.97. The number of nitrogens with zero attached hydrogens (tertiary/aromatic N) is 1. The zero-order valence-electron chi connectivity index (χ0n) is 14.9. The van der Waals surface area contributed by atoms with Crippen molar-refractivity contribution in [1.29, 1.82) is 0 Å². The van der Waals surface area contributed by atoms with Gasteiger partial charge in [0.15, 0.2) is 0 Å². The molecule has 0 heterocycles. The van der Waals surface area contributed by atoms with E-state index < -0.39 is 35.5 Å². The zero-order chi connectivity index (χ0) is 18.5. The highest BCUT2D eigenvalue weighted by atomic mass is 16.2. The minimum absolute atomic E-state index is 0.291. The van der Waals surface area contributed by atoms with Gasteiger partial charge in [-0.25, -0.2) is 14.5 Å².